The average Bonchev–Trinajstić information content (AvgIpc) is 2.64. The smallest absolute Gasteiger partial charge is 0.309 e. The van der Waals surface area contributed by atoms with Gasteiger partial charge in [-0.25, -0.2) is 0 Å². The van der Waals surface area contributed by atoms with Crippen molar-refractivity contribution < 1.29 is 29.3 Å². The molecule has 1 saturated heterocycles. The van der Waals surface area contributed by atoms with Crippen LogP contribution in [-0.4, -0.2) is 47.6 Å². The summed E-state index contributed by atoms with van der Waals surface area (Å²) < 4.78 is 9.97. The van der Waals surface area contributed by atoms with Crippen LogP contribution in [0.2, 0.25) is 0 Å². The van der Waals surface area contributed by atoms with E-state index in [2.05, 4.69) is 11.7 Å². The minimum absolute atomic E-state index is 0.00968. The Labute approximate surface area is 162 Å². The van der Waals surface area contributed by atoms with Crippen LogP contribution in [0.4, 0.5) is 0 Å². The first-order chi connectivity index (χ1) is 13.0. The van der Waals surface area contributed by atoms with Crippen LogP contribution in [0.3, 0.4) is 0 Å². The van der Waals surface area contributed by atoms with Crippen LogP contribution >= 0.6 is 0 Å². The largest absolute Gasteiger partial charge is 0.469 e. The van der Waals surface area contributed by atoms with Gasteiger partial charge < -0.3 is 19.7 Å². The highest BCUT2D eigenvalue weighted by molar-refractivity contribution is 5.71. The van der Waals surface area contributed by atoms with Gasteiger partial charge in [0.15, 0.2) is 0 Å². The van der Waals surface area contributed by atoms with Crippen LogP contribution < -0.4 is 0 Å². The van der Waals surface area contributed by atoms with Crippen LogP contribution in [0.15, 0.2) is 24.3 Å². The SMILES string of the molecule is CCCCCC(O)C=CC1OC(=O)CC(O)C1CC=CCCCC(=O)OC. The molecule has 0 radical (unpaired) electrons. The molecule has 0 amide bonds. The fourth-order valence-electron chi connectivity index (χ4n) is 3.08. The fourth-order valence-corrected chi connectivity index (χ4v) is 3.08. The number of esters is 2. The first kappa shape index (κ1) is 23.4. The molecule has 1 fully saturated rings. The van der Waals surface area contributed by atoms with E-state index in [9.17, 15) is 19.8 Å². The van der Waals surface area contributed by atoms with Gasteiger partial charge in [-0.3, -0.25) is 9.59 Å². The summed E-state index contributed by atoms with van der Waals surface area (Å²) >= 11 is 0. The lowest BCUT2D eigenvalue weighted by molar-refractivity contribution is -0.163. The number of hydrogen-bond donors (Lipinski definition) is 2. The average molecular weight is 382 g/mol. The third-order valence-corrected chi connectivity index (χ3v) is 4.74. The van der Waals surface area contributed by atoms with E-state index in [0.29, 0.717) is 25.7 Å². The van der Waals surface area contributed by atoms with Gasteiger partial charge in [0, 0.05) is 12.3 Å². The maximum absolute atomic E-state index is 11.7. The normalized spacial score (nSPS) is 24.3. The van der Waals surface area contributed by atoms with Crippen molar-refractivity contribution in [3.8, 4) is 0 Å². The van der Waals surface area contributed by atoms with Gasteiger partial charge in [0.05, 0.1) is 25.7 Å². The number of carbonyl (C=O) groups is 2. The minimum atomic E-state index is -0.766. The van der Waals surface area contributed by atoms with Crippen molar-refractivity contribution >= 4 is 11.9 Å². The Morgan fingerprint density at radius 2 is 2.11 bits per heavy atom. The van der Waals surface area contributed by atoms with Crippen molar-refractivity contribution in [2.45, 2.75) is 83.0 Å². The molecule has 0 aromatic carbocycles. The molecule has 154 valence electrons. The number of cyclic esters (lactones) is 1. The third kappa shape index (κ3) is 9.73. The highest BCUT2D eigenvalue weighted by Crippen LogP contribution is 2.27. The van der Waals surface area contributed by atoms with E-state index in [1.807, 2.05) is 12.2 Å². The molecule has 6 nitrogen and oxygen atoms in total. The van der Waals surface area contributed by atoms with Crippen LogP contribution in [0.1, 0.15) is 64.7 Å². The van der Waals surface area contributed by atoms with Crippen molar-refractivity contribution in [3.63, 3.8) is 0 Å². The number of ether oxygens (including phenoxy) is 2. The lowest BCUT2D eigenvalue weighted by Gasteiger charge is -2.32. The van der Waals surface area contributed by atoms with Gasteiger partial charge in [-0.1, -0.05) is 44.4 Å². The molecule has 0 bridgehead atoms. The molecule has 0 aromatic rings. The quantitative estimate of drug-likeness (QED) is 0.306. The highest BCUT2D eigenvalue weighted by atomic mass is 16.5. The summed E-state index contributed by atoms with van der Waals surface area (Å²) in [7, 11) is 1.37. The number of allylic oxidation sites excluding steroid dienone is 2. The molecule has 0 aromatic heterocycles. The Bertz CT molecular complexity index is 499. The molecule has 1 rings (SSSR count). The van der Waals surface area contributed by atoms with E-state index in [0.717, 1.165) is 25.7 Å². The van der Waals surface area contributed by atoms with E-state index in [4.69, 9.17) is 4.74 Å². The Kier molecular flexibility index (Phi) is 11.7. The Hall–Kier alpha value is -1.66. The van der Waals surface area contributed by atoms with Crippen molar-refractivity contribution in [1.82, 2.24) is 0 Å². The van der Waals surface area contributed by atoms with Crippen LogP contribution in [0.25, 0.3) is 0 Å². The van der Waals surface area contributed by atoms with Crippen LogP contribution in [0.5, 0.6) is 0 Å². The summed E-state index contributed by atoms with van der Waals surface area (Å²) in [5, 5.41) is 20.3. The van der Waals surface area contributed by atoms with E-state index < -0.39 is 24.3 Å². The van der Waals surface area contributed by atoms with Gasteiger partial charge in [-0.05, 0) is 31.8 Å². The molecule has 0 spiro atoms. The van der Waals surface area contributed by atoms with E-state index >= 15 is 0 Å². The summed E-state index contributed by atoms with van der Waals surface area (Å²) in [6.45, 7) is 2.11. The van der Waals surface area contributed by atoms with Crippen molar-refractivity contribution in [2.75, 3.05) is 7.11 Å². The first-order valence-electron chi connectivity index (χ1n) is 9.93. The van der Waals surface area contributed by atoms with Gasteiger partial charge in [-0.2, -0.15) is 0 Å². The number of unbranched alkanes of at least 4 members (excludes halogenated alkanes) is 3. The molecule has 6 heteroatoms. The standard InChI is InChI=1S/C21H34O6/c1-3-4-7-10-16(22)13-14-19-17(18(23)15-21(25)27-19)11-8-5-6-9-12-20(24)26-2/h5,8,13-14,16-19,22-23H,3-4,6-7,9-12,15H2,1-2H3. The second-order valence-corrected chi connectivity index (χ2v) is 7.01. The number of hydrogen-bond acceptors (Lipinski definition) is 6. The maximum atomic E-state index is 11.7. The molecular formula is C21H34O6. The lowest BCUT2D eigenvalue weighted by atomic mass is 9.87. The molecule has 1 aliphatic rings. The zero-order chi connectivity index (χ0) is 20.1. The van der Waals surface area contributed by atoms with Gasteiger partial charge in [-0.15, -0.1) is 0 Å². The predicted molar refractivity (Wildman–Crippen MR) is 103 cm³/mol. The second-order valence-electron chi connectivity index (χ2n) is 7.01. The van der Waals surface area contributed by atoms with E-state index in [-0.39, 0.29) is 18.3 Å². The number of aliphatic hydroxyl groups excluding tert-OH is 2. The molecule has 0 aliphatic carbocycles. The number of aliphatic hydroxyl groups is 2. The van der Waals surface area contributed by atoms with Crippen LogP contribution in [0, 0.1) is 5.92 Å². The van der Waals surface area contributed by atoms with Gasteiger partial charge >= 0.3 is 11.9 Å². The Balaban J connectivity index is 2.51. The summed E-state index contributed by atoms with van der Waals surface area (Å²) in [5.41, 5.74) is 0. The lowest BCUT2D eigenvalue weighted by Crippen LogP contribution is -2.41. The first-order valence-corrected chi connectivity index (χ1v) is 9.93. The van der Waals surface area contributed by atoms with E-state index in [1.165, 1.54) is 7.11 Å². The molecule has 2 N–H and O–H groups in total. The van der Waals surface area contributed by atoms with Crippen molar-refractivity contribution in [1.29, 1.82) is 0 Å². The Morgan fingerprint density at radius 3 is 2.81 bits per heavy atom. The highest BCUT2D eigenvalue weighted by Gasteiger charge is 2.35. The molecule has 1 heterocycles. The zero-order valence-corrected chi connectivity index (χ0v) is 16.5. The Morgan fingerprint density at radius 1 is 1.33 bits per heavy atom. The van der Waals surface area contributed by atoms with Gasteiger partial charge in [0.2, 0.25) is 0 Å². The predicted octanol–water partition coefficient (Wildman–Crippen LogP) is 3.07. The minimum Gasteiger partial charge on any atom is -0.469 e. The molecular weight excluding hydrogens is 348 g/mol. The van der Waals surface area contributed by atoms with Gasteiger partial charge in [0.25, 0.3) is 0 Å². The second kappa shape index (κ2) is 13.5. The van der Waals surface area contributed by atoms with E-state index in [1.54, 1.807) is 12.2 Å². The summed E-state index contributed by atoms with van der Waals surface area (Å²) in [6, 6.07) is 0. The molecule has 0 saturated carbocycles. The van der Waals surface area contributed by atoms with Crippen LogP contribution in [-0.2, 0) is 19.1 Å². The zero-order valence-electron chi connectivity index (χ0n) is 16.5. The molecule has 1 aliphatic heterocycles. The van der Waals surface area contributed by atoms with Crippen molar-refractivity contribution in [3.05, 3.63) is 24.3 Å². The summed E-state index contributed by atoms with van der Waals surface area (Å²) in [5.74, 6) is -0.879. The summed E-state index contributed by atoms with van der Waals surface area (Å²) in [4.78, 5) is 22.7. The topological polar surface area (TPSA) is 93.1 Å². The number of methoxy groups -OCH3 is 1. The number of rotatable bonds is 12. The molecule has 27 heavy (non-hydrogen) atoms. The maximum Gasteiger partial charge on any atom is 0.309 e. The number of carbonyl (C=O) groups excluding carboxylic acids is 2. The monoisotopic (exact) mass is 382 g/mol. The summed E-state index contributed by atoms with van der Waals surface area (Å²) in [6.07, 6.45) is 11.6. The fraction of sp³-hybridized carbons (Fsp3) is 0.714. The van der Waals surface area contributed by atoms with Gasteiger partial charge in [0.1, 0.15) is 6.10 Å². The third-order valence-electron chi connectivity index (χ3n) is 4.74. The molecule has 4 unspecified atom stereocenters. The molecule has 4 atom stereocenters. The van der Waals surface area contributed by atoms with Crippen molar-refractivity contribution in [2.24, 2.45) is 5.92 Å².